The number of ether oxygens (including phenoxy) is 7. The molecule has 3 aromatic rings. The van der Waals surface area contributed by atoms with Crippen LogP contribution in [0, 0.1) is 0 Å². The Labute approximate surface area is 203 Å². The zero-order valence-corrected chi connectivity index (χ0v) is 19.1. The van der Waals surface area contributed by atoms with Gasteiger partial charge in [-0.15, -0.1) is 0 Å². The zero-order valence-electron chi connectivity index (χ0n) is 19.1. The normalized spacial score (nSPS) is 18.1. The maximum absolute atomic E-state index is 12.5. The van der Waals surface area contributed by atoms with E-state index < -0.39 is 5.97 Å². The fraction of sp³-hybridized carbons (Fsp3) is 0.296. The first kappa shape index (κ1) is 23.3. The van der Waals surface area contributed by atoms with Crippen LogP contribution in [0.1, 0.15) is 10.4 Å². The number of carbonyl (C=O) groups is 1. The van der Waals surface area contributed by atoms with Crippen molar-refractivity contribution in [3.8, 4) is 28.4 Å². The van der Waals surface area contributed by atoms with E-state index in [-0.39, 0.29) is 25.8 Å². The lowest BCUT2D eigenvalue weighted by molar-refractivity contribution is 0.00809. The van der Waals surface area contributed by atoms with Gasteiger partial charge < -0.3 is 33.2 Å². The Hall–Kier alpha value is -3.43. The predicted octanol–water partition coefficient (Wildman–Crippen LogP) is 4.08. The van der Waals surface area contributed by atoms with E-state index in [2.05, 4.69) is 0 Å². The van der Waals surface area contributed by atoms with Crippen molar-refractivity contribution in [3.05, 3.63) is 78.4 Å². The van der Waals surface area contributed by atoms with Crippen LogP contribution in [-0.2, 0) is 18.9 Å². The number of benzene rings is 3. The SMILES string of the molecule is O=C(Oc1ccc(-c2ccc(OCOCC3CO3)cc2)cc1)c1ccc(OCOCC2CO2)cc1. The van der Waals surface area contributed by atoms with E-state index in [0.29, 0.717) is 30.3 Å². The summed E-state index contributed by atoms with van der Waals surface area (Å²) in [5, 5.41) is 0. The van der Waals surface area contributed by atoms with Gasteiger partial charge in [-0.2, -0.15) is 0 Å². The summed E-state index contributed by atoms with van der Waals surface area (Å²) in [6.07, 6.45) is 0.421. The Kier molecular flexibility index (Phi) is 7.55. The number of esters is 1. The van der Waals surface area contributed by atoms with E-state index in [4.69, 9.17) is 33.2 Å². The molecule has 2 aliphatic heterocycles. The molecule has 0 radical (unpaired) electrons. The van der Waals surface area contributed by atoms with E-state index in [1.807, 2.05) is 36.4 Å². The van der Waals surface area contributed by atoms with Crippen molar-refractivity contribution in [1.82, 2.24) is 0 Å². The van der Waals surface area contributed by atoms with Crippen molar-refractivity contribution in [2.75, 3.05) is 40.0 Å². The van der Waals surface area contributed by atoms with Gasteiger partial charge in [0.1, 0.15) is 29.5 Å². The Bertz CT molecular complexity index is 1090. The van der Waals surface area contributed by atoms with E-state index >= 15 is 0 Å². The molecule has 5 rings (SSSR count). The lowest BCUT2D eigenvalue weighted by atomic mass is 10.1. The molecule has 8 heteroatoms. The van der Waals surface area contributed by atoms with Crippen LogP contribution in [-0.4, -0.2) is 58.2 Å². The minimum atomic E-state index is -0.441. The average Bonchev–Trinajstić information content (AvgIpc) is 3.82. The van der Waals surface area contributed by atoms with Gasteiger partial charge in [0.05, 0.1) is 32.0 Å². The Balaban J connectivity index is 1.08. The minimum Gasteiger partial charge on any atom is -0.468 e. The molecule has 2 fully saturated rings. The first-order valence-corrected chi connectivity index (χ1v) is 11.4. The average molecular weight is 478 g/mol. The summed E-state index contributed by atoms with van der Waals surface area (Å²) in [5.41, 5.74) is 2.44. The molecule has 2 aliphatic rings. The first-order valence-electron chi connectivity index (χ1n) is 11.4. The van der Waals surface area contributed by atoms with Crippen LogP contribution >= 0.6 is 0 Å². The predicted molar refractivity (Wildman–Crippen MR) is 126 cm³/mol. The highest BCUT2D eigenvalue weighted by molar-refractivity contribution is 5.91. The summed E-state index contributed by atoms with van der Waals surface area (Å²) in [7, 11) is 0. The van der Waals surface area contributed by atoms with Crippen molar-refractivity contribution in [1.29, 1.82) is 0 Å². The standard InChI is InChI=1S/C27H26O8/c28-27(21-5-9-23(10-6-21)34-18-30-14-26-16-32-26)35-24-11-3-20(4-12-24)19-1-7-22(8-2-19)33-17-29-13-25-15-31-25/h1-12,25-26H,13-18H2. The molecule has 2 atom stereocenters. The monoisotopic (exact) mass is 478 g/mol. The molecule has 0 bridgehead atoms. The molecule has 182 valence electrons. The summed E-state index contributed by atoms with van der Waals surface area (Å²) in [6.45, 7) is 2.92. The van der Waals surface area contributed by atoms with Gasteiger partial charge in [-0.3, -0.25) is 0 Å². The highest BCUT2D eigenvalue weighted by Crippen LogP contribution is 2.25. The second-order valence-electron chi connectivity index (χ2n) is 8.14. The van der Waals surface area contributed by atoms with E-state index in [1.54, 1.807) is 36.4 Å². The molecule has 8 nitrogen and oxygen atoms in total. The molecule has 0 aliphatic carbocycles. The number of rotatable bonds is 13. The van der Waals surface area contributed by atoms with Crippen LogP contribution in [0.25, 0.3) is 11.1 Å². The van der Waals surface area contributed by atoms with Gasteiger partial charge in [0, 0.05) is 0 Å². The second-order valence-corrected chi connectivity index (χ2v) is 8.14. The molecule has 0 spiro atoms. The van der Waals surface area contributed by atoms with Crippen LogP contribution in [0.3, 0.4) is 0 Å². The molecule has 2 saturated heterocycles. The fourth-order valence-corrected chi connectivity index (χ4v) is 3.22. The molecule has 35 heavy (non-hydrogen) atoms. The van der Waals surface area contributed by atoms with Gasteiger partial charge >= 0.3 is 5.97 Å². The minimum absolute atomic E-state index is 0.135. The zero-order chi connectivity index (χ0) is 23.9. The number of carbonyl (C=O) groups excluding carboxylic acids is 1. The maximum atomic E-state index is 12.5. The van der Waals surface area contributed by atoms with Crippen molar-refractivity contribution < 1.29 is 38.0 Å². The second kappa shape index (κ2) is 11.3. The summed E-state index contributed by atoms with van der Waals surface area (Å²) >= 11 is 0. The molecule has 0 saturated carbocycles. The van der Waals surface area contributed by atoms with Crippen molar-refractivity contribution in [2.45, 2.75) is 12.2 Å². The van der Waals surface area contributed by atoms with Gasteiger partial charge in [-0.1, -0.05) is 24.3 Å². The van der Waals surface area contributed by atoms with Crippen molar-refractivity contribution in [2.24, 2.45) is 0 Å². The summed E-state index contributed by atoms with van der Waals surface area (Å²) in [6, 6.07) is 21.8. The summed E-state index contributed by atoms with van der Waals surface area (Å²) < 4.78 is 37.4. The summed E-state index contributed by atoms with van der Waals surface area (Å²) in [4.78, 5) is 12.5. The van der Waals surface area contributed by atoms with Gasteiger partial charge in [-0.05, 0) is 59.7 Å². The molecule has 0 amide bonds. The van der Waals surface area contributed by atoms with Crippen molar-refractivity contribution in [3.63, 3.8) is 0 Å². The van der Waals surface area contributed by atoms with Gasteiger partial charge in [0.25, 0.3) is 0 Å². The lowest BCUT2D eigenvalue weighted by Crippen LogP contribution is -2.09. The molecule has 2 heterocycles. The fourth-order valence-electron chi connectivity index (χ4n) is 3.22. The third-order valence-corrected chi connectivity index (χ3v) is 5.37. The third kappa shape index (κ3) is 7.27. The lowest BCUT2D eigenvalue weighted by Gasteiger charge is -2.09. The number of hydrogen-bond donors (Lipinski definition) is 0. The third-order valence-electron chi connectivity index (χ3n) is 5.37. The van der Waals surface area contributed by atoms with Crippen molar-refractivity contribution >= 4 is 5.97 Å². The van der Waals surface area contributed by atoms with Gasteiger partial charge in [-0.25, -0.2) is 4.79 Å². The largest absolute Gasteiger partial charge is 0.468 e. The summed E-state index contributed by atoms with van der Waals surface area (Å²) in [5.74, 6) is 1.36. The van der Waals surface area contributed by atoms with Crippen LogP contribution in [0.5, 0.6) is 17.2 Å². The van der Waals surface area contributed by atoms with Crippen LogP contribution in [0.4, 0.5) is 0 Å². The molecule has 2 unspecified atom stereocenters. The van der Waals surface area contributed by atoms with Gasteiger partial charge in [0.15, 0.2) is 13.6 Å². The highest BCUT2D eigenvalue weighted by atomic mass is 16.7. The molecule has 0 N–H and O–H groups in total. The molecule has 3 aromatic carbocycles. The van der Waals surface area contributed by atoms with E-state index in [0.717, 1.165) is 30.1 Å². The van der Waals surface area contributed by atoms with E-state index in [9.17, 15) is 4.79 Å². The Morgan fingerprint density at radius 1 is 0.657 bits per heavy atom. The van der Waals surface area contributed by atoms with Gasteiger partial charge in [0.2, 0.25) is 0 Å². The maximum Gasteiger partial charge on any atom is 0.343 e. The number of epoxide rings is 2. The van der Waals surface area contributed by atoms with Crippen LogP contribution < -0.4 is 14.2 Å². The van der Waals surface area contributed by atoms with E-state index in [1.165, 1.54) is 0 Å². The quantitative estimate of drug-likeness (QED) is 0.119. The smallest absolute Gasteiger partial charge is 0.343 e. The molecular formula is C27H26O8. The van der Waals surface area contributed by atoms with Crippen LogP contribution in [0.15, 0.2) is 72.8 Å². The highest BCUT2D eigenvalue weighted by Gasteiger charge is 2.22. The molecule has 0 aromatic heterocycles. The number of hydrogen-bond acceptors (Lipinski definition) is 8. The topological polar surface area (TPSA) is 88.3 Å². The first-order chi connectivity index (χ1) is 17.2. The van der Waals surface area contributed by atoms with Crippen LogP contribution in [0.2, 0.25) is 0 Å². The molecular weight excluding hydrogens is 452 g/mol. The Morgan fingerprint density at radius 3 is 1.54 bits per heavy atom. The Morgan fingerprint density at radius 2 is 1.09 bits per heavy atom.